The summed E-state index contributed by atoms with van der Waals surface area (Å²) in [6.45, 7) is 2.25. The number of fused-ring (bicyclic) bond motifs is 4. The predicted octanol–water partition coefficient (Wildman–Crippen LogP) is 14.2. The quantitative estimate of drug-likeness (QED) is 0.137. The summed E-state index contributed by atoms with van der Waals surface area (Å²) in [7, 11) is 0. The number of anilines is 3. The fourth-order valence-electron chi connectivity index (χ4n) is 8.99. The van der Waals surface area contributed by atoms with Crippen molar-refractivity contribution in [2.45, 2.75) is 18.8 Å². The molecule has 0 unspecified atom stereocenters. The van der Waals surface area contributed by atoms with Crippen molar-refractivity contribution in [3.8, 4) is 33.4 Å². The fraction of sp³-hybridized carbons (Fsp3) is 0.0545. The maximum Gasteiger partial charge on any atom is 2.00 e. The average Bonchev–Trinajstić information content (AvgIpc) is 3.59. The standard InChI is InChI=1S/C55H39N.U/c1-2-39-35-43(49-28-15-14-27-48(49)42-34-33-40-19-12-13-20-41(40)37-42)38-47(36-39)56(46-25-10-5-11-26-46)53-32-18-31-52-54(53)50-29-16-17-30-51(50)55(52,44-21-6-3-7-22-44)45-23-8-4-9-24-45;/h3-26,28-36,38H,2H2,1H3;/q-2;+2. The number of nitrogens with zero attached hydrogens (tertiary/aromatic N) is 1. The number of rotatable bonds is 8. The number of hydrogen-bond donors (Lipinski definition) is 0. The third-order valence-corrected chi connectivity index (χ3v) is 11.5. The van der Waals surface area contributed by atoms with E-state index in [9.17, 15) is 0 Å². The zero-order valence-corrected chi connectivity index (χ0v) is 35.9. The topological polar surface area (TPSA) is 3.24 Å². The number of para-hydroxylation sites is 1. The Kier molecular flexibility index (Phi) is 10.0. The molecule has 2 heteroatoms. The Hall–Kier alpha value is -5.91. The van der Waals surface area contributed by atoms with Crippen molar-refractivity contribution in [1.82, 2.24) is 0 Å². The molecular formula is C55H39NU. The summed E-state index contributed by atoms with van der Waals surface area (Å²) in [5.74, 6) is 0. The van der Waals surface area contributed by atoms with Crippen LogP contribution in [0.3, 0.4) is 0 Å². The Bertz CT molecular complexity index is 2810. The summed E-state index contributed by atoms with van der Waals surface area (Å²) in [6.07, 6.45) is 0.901. The smallest absolute Gasteiger partial charge is 0.310 e. The van der Waals surface area contributed by atoms with Crippen molar-refractivity contribution >= 4 is 27.8 Å². The zero-order valence-electron chi connectivity index (χ0n) is 31.8. The van der Waals surface area contributed by atoms with Crippen LogP contribution < -0.4 is 4.90 Å². The van der Waals surface area contributed by atoms with Crippen LogP contribution in [0.2, 0.25) is 0 Å². The summed E-state index contributed by atoms with van der Waals surface area (Å²) in [5, 5.41) is 2.29. The molecule has 0 bridgehead atoms. The van der Waals surface area contributed by atoms with E-state index in [0.29, 0.717) is 0 Å². The second-order valence-electron chi connectivity index (χ2n) is 14.6. The fourth-order valence-corrected chi connectivity index (χ4v) is 8.99. The van der Waals surface area contributed by atoms with Crippen molar-refractivity contribution in [3.63, 3.8) is 0 Å². The molecule has 1 nitrogen and oxygen atoms in total. The van der Waals surface area contributed by atoms with Crippen molar-refractivity contribution in [3.05, 3.63) is 246 Å². The molecule has 1 aliphatic rings. The van der Waals surface area contributed by atoms with E-state index >= 15 is 0 Å². The molecule has 57 heavy (non-hydrogen) atoms. The minimum absolute atomic E-state index is 0. The second-order valence-corrected chi connectivity index (χ2v) is 14.6. The van der Waals surface area contributed by atoms with E-state index < -0.39 is 5.41 Å². The van der Waals surface area contributed by atoms with E-state index in [1.807, 2.05) is 6.07 Å². The van der Waals surface area contributed by atoms with Gasteiger partial charge in [-0.15, -0.1) is 35.2 Å². The summed E-state index contributed by atoms with van der Waals surface area (Å²) in [5.41, 5.74) is 16.1. The molecule has 9 aromatic rings. The van der Waals surface area contributed by atoms with Crippen LogP contribution in [0, 0.1) is 43.2 Å². The second kappa shape index (κ2) is 15.6. The van der Waals surface area contributed by atoms with E-state index in [1.165, 1.54) is 44.3 Å². The molecular weight excluding hydrogens is 913 g/mol. The first-order valence-electron chi connectivity index (χ1n) is 19.5. The van der Waals surface area contributed by atoms with Gasteiger partial charge in [-0.3, -0.25) is 0 Å². The summed E-state index contributed by atoms with van der Waals surface area (Å²) >= 11 is 0. The molecule has 0 N–H and O–H groups in total. The Labute approximate surface area is 359 Å². The van der Waals surface area contributed by atoms with Crippen molar-refractivity contribution in [2.75, 3.05) is 4.90 Å². The van der Waals surface area contributed by atoms with E-state index in [1.54, 1.807) is 0 Å². The Morgan fingerprint density at radius 3 is 1.93 bits per heavy atom. The number of hydrogen-bond acceptors (Lipinski definition) is 1. The Morgan fingerprint density at radius 1 is 0.526 bits per heavy atom. The molecule has 1 aliphatic carbocycles. The summed E-state index contributed by atoms with van der Waals surface area (Å²) in [4.78, 5) is 2.47. The van der Waals surface area contributed by atoms with Gasteiger partial charge in [0.25, 0.3) is 0 Å². The molecule has 9 aromatic carbocycles. The van der Waals surface area contributed by atoms with Gasteiger partial charge in [0, 0.05) is 16.9 Å². The molecule has 0 atom stereocenters. The largest absolute Gasteiger partial charge is 2.00 e. The van der Waals surface area contributed by atoms with Crippen LogP contribution in [0.25, 0.3) is 44.2 Å². The maximum atomic E-state index is 3.70. The molecule has 0 aromatic heterocycles. The molecule has 0 amide bonds. The van der Waals surface area contributed by atoms with Crippen molar-refractivity contribution in [1.29, 1.82) is 0 Å². The molecule has 0 fully saturated rings. The molecule has 0 aliphatic heterocycles. The van der Waals surface area contributed by atoms with Gasteiger partial charge < -0.3 is 4.90 Å². The molecule has 268 valence electrons. The molecule has 0 saturated heterocycles. The SMILES string of the molecule is CCc1cc(-c2ccc[c-]c2-c2[c-]c3ccccc3cc2)cc(N(c2ccccc2)c2cccc3c2-c2ccccc2C3(c2ccccc2)c2ccccc2)c1.[U+2]. The third kappa shape index (κ3) is 6.26. The molecule has 0 radical (unpaired) electrons. The Morgan fingerprint density at radius 2 is 1.18 bits per heavy atom. The molecule has 0 heterocycles. The molecule has 0 saturated carbocycles. The van der Waals surface area contributed by atoms with Crippen molar-refractivity contribution < 1.29 is 31.1 Å². The predicted molar refractivity (Wildman–Crippen MR) is 234 cm³/mol. The van der Waals surface area contributed by atoms with Crippen LogP contribution in [-0.2, 0) is 11.8 Å². The first-order chi connectivity index (χ1) is 27.7. The van der Waals surface area contributed by atoms with Gasteiger partial charge in [-0.1, -0.05) is 157 Å². The third-order valence-electron chi connectivity index (χ3n) is 11.5. The molecule has 0 spiro atoms. The Balaban J connectivity index is 0.00000422. The van der Waals surface area contributed by atoms with Crippen LogP contribution in [0.5, 0.6) is 0 Å². The van der Waals surface area contributed by atoms with Gasteiger partial charge in [0.05, 0.1) is 11.1 Å². The van der Waals surface area contributed by atoms with Gasteiger partial charge >= 0.3 is 31.1 Å². The average molecular weight is 952 g/mol. The van der Waals surface area contributed by atoms with E-state index in [2.05, 4.69) is 224 Å². The monoisotopic (exact) mass is 951 g/mol. The number of benzene rings is 9. The summed E-state index contributed by atoms with van der Waals surface area (Å²) in [6, 6.07) is 82.4. The first-order valence-corrected chi connectivity index (χ1v) is 19.5. The van der Waals surface area contributed by atoms with Gasteiger partial charge in [-0.2, -0.15) is 29.8 Å². The van der Waals surface area contributed by atoms with Crippen LogP contribution in [-0.4, -0.2) is 0 Å². The zero-order chi connectivity index (χ0) is 37.5. The first kappa shape index (κ1) is 36.7. The van der Waals surface area contributed by atoms with Gasteiger partial charge in [0.15, 0.2) is 0 Å². The van der Waals surface area contributed by atoms with Crippen LogP contribution in [0.4, 0.5) is 17.1 Å². The van der Waals surface area contributed by atoms with Crippen LogP contribution >= 0.6 is 0 Å². The van der Waals surface area contributed by atoms with E-state index in [0.717, 1.165) is 51.1 Å². The van der Waals surface area contributed by atoms with Gasteiger partial charge in [-0.05, 0) is 70.1 Å². The summed E-state index contributed by atoms with van der Waals surface area (Å²) < 4.78 is 0. The van der Waals surface area contributed by atoms with Crippen molar-refractivity contribution in [2.24, 2.45) is 0 Å². The van der Waals surface area contributed by atoms with Gasteiger partial charge in [-0.25, -0.2) is 5.56 Å². The maximum absolute atomic E-state index is 3.70. The van der Waals surface area contributed by atoms with E-state index in [4.69, 9.17) is 0 Å². The minimum atomic E-state index is -0.492. The minimum Gasteiger partial charge on any atom is -0.310 e. The van der Waals surface area contributed by atoms with Gasteiger partial charge in [0.2, 0.25) is 0 Å². The molecule has 10 rings (SSSR count). The normalized spacial score (nSPS) is 12.4. The van der Waals surface area contributed by atoms with Crippen LogP contribution in [0.1, 0.15) is 34.7 Å². The number of aryl methyl sites for hydroxylation is 1. The van der Waals surface area contributed by atoms with E-state index in [-0.39, 0.29) is 31.1 Å². The van der Waals surface area contributed by atoms with Crippen LogP contribution in [0.15, 0.2) is 206 Å². The van der Waals surface area contributed by atoms with Gasteiger partial charge in [0.1, 0.15) is 0 Å².